The smallest absolute Gasteiger partial charge is 0.331 e. The van der Waals surface area contributed by atoms with Crippen LogP contribution in [0.3, 0.4) is 0 Å². The maximum atomic E-state index is 12.3. The Morgan fingerprint density at radius 3 is 2.40 bits per heavy atom. The lowest BCUT2D eigenvalue weighted by Gasteiger charge is -2.15. The second-order valence-electron chi connectivity index (χ2n) is 5.72. The molecule has 5 heteroatoms. The Morgan fingerprint density at radius 2 is 1.76 bits per heavy atom. The van der Waals surface area contributed by atoms with E-state index >= 15 is 0 Å². The lowest BCUT2D eigenvalue weighted by molar-refractivity contribution is -0.148. The summed E-state index contributed by atoms with van der Waals surface area (Å²) in [7, 11) is 0. The third-order valence-corrected chi connectivity index (χ3v) is 4.15. The molecule has 1 amide bonds. The van der Waals surface area contributed by atoms with Crippen LogP contribution in [-0.4, -0.2) is 18.0 Å². The summed E-state index contributed by atoms with van der Waals surface area (Å²) in [5, 5.41) is 2.82. The van der Waals surface area contributed by atoms with Gasteiger partial charge >= 0.3 is 5.97 Å². The van der Waals surface area contributed by atoms with E-state index in [1.807, 2.05) is 56.3 Å². The van der Waals surface area contributed by atoms with Gasteiger partial charge in [0.15, 0.2) is 6.10 Å². The molecular weight excluding hydrogens is 382 g/mol. The molecule has 2 aromatic rings. The highest BCUT2D eigenvalue weighted by atomic mass is 79.9. The largest absolute Gasteiger partial charge is 0.449 e. The van der Waals surface area contributed by atoms with Gasteiger partial charge in [0.25, 0.3) is 5.91 Å². The van der Waals surface area contributed by atoms with Crippen molar-refractivity contribution in [3.8, 4) is 0 Å². The second kappa shape index (κ2) is 8.62. The third kappa shape index (κ3) is 5.57. The zero-order valence-corrected chi connectivity index (χ0v) is 16.0. The van der Waals surface area contributed by atoms with Crippen LogP contribution in [0.25, 0.3) is 6.08 Å². The number of anilines is 1. The van der Waals surface area contributed by atoms with Crippen LogP contribution in [0.1, 0.15) is 23.6 Å². The quantitative estimate of drug-likeness (QED) is 0.585. The summed E-state index contributed by atoms with van der Waals surface area (Å²) in [6.07, 6.45) is 2.06. The van der Waals surface area contributed by atoms with E-state index in [-0.39, 0.29) is 5.91 Å². The molecule has 0 saturated heterocycles. The van der Waals surface area contributed by atoms with Crippen LogP contribution in [0.4, 0.5) is 5.69 Å². The fourth-order valence-corrected chi connectivity index (χ4v) is 2.69. The molecule has 130 valence electrons. The van der Waals surface area contributed by atoms with Gasteiger partial charge in [-0.15, -0.1) is 0 Å². The monoisotopic (exact) mass is 401 g/mol. The van der Waals surface area contributed by atoms with E-state index in [9.17, 15) is 9.59 Å². The van der Waals surface area contributed by atoms with E-state index in [4.69, 9.17) is 4.74 Å². The average Bonchev–Trinajstić information content (AvgIpc) is 2.56. The fourth-order valence-electron chi connectivity index (χ4n) is 2.28. The van der Waals surface area contributed by atoms with Gasteiger partial charge in [0.05, 0.1) is 0 Å². The Morgan fingerprint density at radius 1 is 1.12 bits per heavy atom. The molecular formula is C20H20BrNO3. The minimum atomic E-state index is -0.890. The maximum Gasteiger partial charge on any atom is 0.331 e. The molecule has 0 spiro atoms. The summed E-state index contributed by atoms with van der Waals surface area (Å²) in [5.74, 6) is -0.925. The predicted molar refractivity (Wildman–Crippen MR) is 103 cm³/mol. The van der Waals surface area contributed by atoms with Crippen LogP contribution < -0.4 is 5.32 Å². The Bertz CT molecular complexity index is 794. The molecule has 0 aliphatic carbocycles. The number of benzene rings is 2. The van der Waals surface area contributed by atoms with Crippen LogP contribution in [0.5, 0.6) is 0 Å². The van der Waals surface area contributed by atoms with Gasteiger partial charge in [0, 0.05) is 16.2 Å². The summed E-state index contributed by atoms with van der Waals surface area (Å²) < 4.78 is 6.09. The molecule has 2 rings (SSSR count). The molecule has 0 aliphatic heterocycles. The number of para-hydroxylation sites is 1. The van der Waals surface area contributed by atoms with E-state index in [0.29, 0.717) is 0 Å². The minimum absolute atomic E-state index is 0.360. The summed E-state index contributed by atoms with van der Waals surface area (Å²) in [6, 6.07) is 13.3. The van der Waals surface area contributed by atoms with Gasteiger partial charge < -0.3 is 10.1 Å². The summed E-state index contributed by atoms with van der Waals surface area (Å²) in [6.45, 7) is 5.38. The third-order valence-electron chi connectivity index (χ3n) is 3.65. The standard InChI is InChI=1S/C20H20BrNO3/c1-13-6-4-7-14(2)19(13)22-20(24)15(3)25-18(23)11-10-16-8-5-9-17(21)12-16/h4-12,15H,1-3H3,(H,22,24)/b11-10+/t15-/m1/s1. The number of hydrogen-bond acceptors (Lipinski definition) is 3. The molecule has 25 heavy (non-hydrogen) atoms. The highest BCUT2D eigenvalue weighted by molar-refractivity contribution is 9.10. The van der Waals surface area contributed by atoms with E-state index in [2.05, 4.69) is 21.2 Å². The molecule has 1 atom stereocenters. The van der Waals surface area contributed by atoms with Crippen molar-refractivity contribution in [2.75, 3.05) is 5.32 Å². The SMILES string of the molecule is Cc1cccc(C)c1NC(=O)[C@@H](C)OC(=O)/C=C/c1cccc(Br)c1. The number of amides is 1. The zero-order chi connectivity index (χ0) is 18.4. The number of esters is 1. The van der Waals surface area contributed by atoms with Gasteiger partial charge in [-0.3, -0.25) is 4.79 Å². The highest BCUT2D eigenvalue weighted by Gasteiger charge is 2.18. The Balaban J connectivity index is 1.95. The molecule has 0 heterocycles. The average molecular weight is 402 g/mol. The lowest BCUT2D eigenvalue weighted by atomic mass is 10.1. The first-order valence-electron chi connectivity index (χ1n) is 7.88. The number of ether oxygens (including phenoxy) is 1. The molecule has 0 bridgehead atoms. The number of carbonyl (C=O) groups is 2. The van der Waals surface area contributed by atoms with Crippen LogP contribution in [-0.2, 0) is 14.3 Å². The van der Waals surface area contributed by atoms with Crippen molar-refractivity contribution in [3.05, 3.63) is 69.7 Å². The molecule has 1 N–H and O–H groups in total. The zero-order valence-electron chi connectivity index (χ0n) is 14.4. The van der Waals surface area contributed by atoms with Crippen molar-refractivity contribution in [1.29, 1.82) is 0 Å². The van der Waals surface area contributed by atoms with Crippen LogP contribution in [0.15, 0.2) is 53.0 Å². The lowest BCUT2D eigenvalue weighted by Crippen LogP contribution is -2.30. The topological polar surface area (TPSA) is 55.4 Å². The normalized spacial score (nSPS) is 12.0. The van der Waals surface area contributed by atoms with Gasteiger partial charge in [-0.1, -0.05) is 46.3 Å². The van der Waals surface area contributed by atoms with Crippen molar-refractivity contribution in [2.45, 2.75) is 26.9 Å². The van der Waals surface area contributed by atoms with Gasteiger partial charge in [-0.2, -0.15) is 0 Å². The number of halogens is 1. The van der Waals surface area contributed by atoms with Crippen molar-refractivity contribution in [1.82, 2.24) is 0 Å². The predicted octanol–water partition coefficient (Wildman–Crippen LogP) is 4.65. The molecule has 0 aliphatic rings. The fraction of sp³-hybridized carbons (Fsp3) is 0.200. The summed E-state index contributed by atoms with van der Waals surface area (Å²) >= 11 is 3.37. The second-order valence-corrected chi connectivity index (χ2v) is 6.64. The van der Waals surface area contributed by atoms with Gasteiger partial charge in [-0.05, 0) is 55.7 Å². The van der Waals surface area contributed by atoms with E-state index < -0.39 is 12.1 Å². The van der Waals surface area contributed by atoms with E-state index in [0.717, 1.165) is 26.9 Å². The molecule has 0 unspecified atom stereocenters. The summed E-state index contributed by atoms with van der Waals surface area (Å²) in [5.41, 5.74) is 3.53. The Kier molecular flexibility index (Phi) is 6.53. The first kappa shape index (κ1) is 18.9. The number of carbonyl (C=O) groups excluding carboxylic acids is 2. The van der Waals surface area contributed by atoms with Crippen LogP contribution >= 0.6 is 15.9 Å². The van der Waals surface area contributed by atoms with Crippen molar-refractivity contribution >= 4 is 39.6 Å². The first-order valence-corrected chi connectivity index (χ1v) is 8.67. The molecule has 0 fully saturated rings. The minimum Gasteiger partial charge on any atom is -0.449 e. The Labute approximate surface area is 156 Å². The van der Waals surface area contributed by atoms with Gasteiger partial charge in [0.2, 0.25) is 0 Å². The van der Waals surface area contributed by atoms with Crippen LogP contribution in [0, 0.1) is 13.8 Å². The molecule has 0 radical (unpaired) electrons. The van der Waals surface area contributed by atoms with E-state index in [1.54, 1.807) is 13.0 Å². The van der Waals surface area contributed by atoms with E-state index in [1.165, 1.54) is 6.08 Å². The number of hydrogen-bond donors (Lipinski definition) is 1. The highest BCUT2D eigenvalue weighted by Crippen LogP contribution is 2.20. The number of nitrogens with one attached hydrogen (secondary N) is 1. The van der Waals surface area contributed by atoms with Gasteiger partial charge in [-0.25, -0.2) is 4.79 Å². The Hall–Kier alpha value is -2.40. The molecule has 0 saturated carbocycles. The molecule has 0 aromatic heterocycles. The summed E-state index contributed by atoms with van der Waals surface area (Å²) in [4.78, 5) is 24.2. The number of rotatable bonds is 5. The van der Waals surface area contributed by atoms with Crippen molar-refractivity contribution < 1.29 is 14.3 Å². The first-order chi connectivity index (χ1) is 11.9. The number of aryl methyl sites for hydroxylation is 2. The molecule has 2 aromatic carbocycles. The molecule has 4 nitrogen and oxygen atoms in total. The van der Waals surface area contributed by atoms with Gasteiger partial charge in [0.1, 0.15) is 0 Å². The van der Waals surface area contributed by atoms with Crippen molar-refractivity contribution in [3.63, 3.8) is 0 Å². The van der Waals surface area contributed by atoms with Crippen molar-refractivity contribution in [2.24, 2.45) is 0 Å². The van der Waals surface area contributed by atoms with Crippen LogP contribution in [0.2, 0.25) is 0 Å². The maximum absolute atomic E-state index is 12.3.